The number of aliphatic carboxylic acids is 1. The van der Waals surface area contributed by atoms with Crippen molar-refractivity contribution in [2.75, 3.05) is 19.8 Å². The van der Waals surface area contributed by atoms with Crippen molar-refractivity contribution >= 4 is 34.8 Å². The summed E-state index contributed by atoms with van der Waals surface area (Å²) in [6, 6.07) is 1.85. The van der Waals surface area contributed by atoms with Crippen molar-refractivity contribution in [1.82, 2.24) is 5.32 Å². The fraction of sp³-hybridized carbons (Fsp3) is 0.600. The smallest absolute Gasteiger partial charge is 0.308 e. The molecule has 22 heavy (non-hydrogen) atoms. The molecule has 1 fully saturated rings. The number of halogens is 1. The highest BCUT2D eigenvalue weighted by atomic mass is 35.5. The molecule has 0 aromatic carbocycles. The maximum absolute atomic E-state index is 11.9. The summed E-state index contributed by atoms with van der Waals surface area (Å²) in [6.45, 7) is 1.38. The molecule has 1 aromatic rings. The van der Waals surface area contributed by atoms with Crippen LogP contribution in [-0.4, -0.2) is 36.7 Å². The number of rotatable bonds is 7. The van der Waals surface area contributed by atoms with Crippen molar-refractivity contribution in [2.24, 2.45) is 11.8 Å². The van der Waals surface area contributed by atoms with Gasteiger partial charge in [0, 0.05) is 36.4 Å². The number of carbonyl (C=O) groups is 2. The minimum Gasteiger partial charge on any atom is -0.481 e. The van der Waals surface area contributed by atoms with Gasteiger partial charge in [0.05, 0.1) is 10.9 Å². The van der Waals surface area contributed by atoms with Gasteiger partial charge in [0.2, 0.25) is 5.91 Å². The number of carboxylic acids is 1. The molecule has 1 atom stereocenters. The van der Waals surface area contributed by atoms with Crippen LogP contribution in [0.15, 0.2) is 11.4 Å². The third-order valence-electron chi connectivity index (χ3n) is 3.89. The number of thiophene rings is 1. The highest BCUT2D eigenvalue weighted by Crippen LogP contribution is 2.24. The lowest BCUT2D eigenvalue weighted by atomic mass is 9.86. The molecule has 0 saturated carbocycles. The largest absolute Gasteiger partial charge is 0.481 e. The fourth-order valence-electron chi connectivity index (χ4n) is 2.61. The lowest BCUT2D eigenvalue weighted by molar-refractivity contribution is -0.144. The molecule has 7 heteroatoms. The van der Waals surface area contributed by atoms with Crippen LogP contribution in [0, 0.1) is 11.8 Å². The number of carboxylic acid groups (broad SMARTS) is 1. The number of amides is 1. The van der Waals surface area contributed by atoms with Crippen LogP contribution in [0.2, 0.25) is 5.02 Å². The van der Waals surface area contributed by atoms with E-state index in [0.29, 0.717) is 31.1 Å². The second-order valence-corrected chi connectivity index (χ2v) is 6.86. The molecule has 0 radical (unpaired) electrons. The Balaban J connectivity index is 1.76. The summed E-state index contributed by atoms with van der Waals surface area (Å²) in [7, 11) is 0. The minimum atomic E-state index is -0.850. The third-order valence-corrected chi connectivity index (χ3v) is 5.24. The van der Waals surface area contributed by atoms with Gasteiger partial charge in [-0.2, -0.15) is 0 Å². The van der Waals surface area contributed by atoms with E-state index in [1.807, 2.05) is 11.4 Å². The predicted molar refractivity (Wildman–Crippen MR) is 85.3 cm³/mol. The summed E-state index contributed by atoms with van der Waals surface area (Å²) in [6.07, 6.45) is 2.44. The average molecular weight is 346 g/mol. The monoisotopic (exact) mass is 345 g/mol. The highest BCUT2D eigenvalue weighted by Gasteiger charge is 2.29. The zero-order valence-corrected chi connectivity index (χ0v) is 13.8. The summed E-state index contributed by atoms with van der Waals surface area (Å²) in [4.78, 5) is 24.3. The van der Waals surface area contributed by atoms with Crippen LogP contribution in [-0.2, 0) is 20.7 Å². The van der Waals surface area contributed by atoms with E-state index < -0.39 is 11.9 Å². The fourth-order valence-corrected chi connectivity index (χ4v) is 3.68. The second-order valence-electron chi connectivity index (χ2n) is 5.43. The molecule has 0 aliphatic carbocycles. The third kappa shape index (κ3) is 5.26. The molecule has 1 aromatic heterocycles. The lowest BCUT2D eigenvalue weighted by Crippen LogP contribution is -2.39. The van der Waals surface area contributed by atoms with Crippen LogP contribution in [0.1, 0.15) is 24.1 Å². The van der Waals surface area contributed by atoms with E-state index >= 15 is 0 Å². The first kappa shape index (κ1) is 17.2. The van der Waals surface area contributed by atoms with Gasteiger partial charge in [-0.15, -0.1) is 11.3 Å². The van der Waals surface area contributed by atoms with E-state index in [1.54, 1.807) is 0 Å². The number of carbonyl (C=O) groups excluding carboxylic acids is 1. The Kier molecular flexibility index (Phi) is 6.67. The van der Waals surface area contributed by atoms with Crippen molar-refractivity contribution in [3.05, 3.63) is 21.3 Å². The van der Waals surface area contributed by atoms with Gasteiger partial charge in [-0.05, 0) is 31.2 Å². The Bertz CT molecular complexity index is 513. The summed E-state index contributed by atoms with van der Waals surface area (Å²) >= 11 is 7.36. The molecule has 1 amide bonds. The maximum atomic E-state index is 11.9. The van der Waals surface area contributed by atoms with E-state index in [4.69, 9.17) is 16.3 Å². The van der Waals surface area contributed by atoms with Crippen molar-refractivity contribution < 1.29 is 19.4 Å². The van der Waals surface area contributed by atoms with E-state index in [0.717, 1.165) is 17.7 Å². The summed E-state index contributed by atoms with van der Waals surface area (Å²) in [5.74, 6) is -1.44. The van der Waals surface area contributed by atoms with E-state index in [9.17, 15) is 14.7 Å². The van der Waals surface area contributed by atoms with Crippen LogP contribution in [0.5, 0.6) is 0 Å². The number of hydrogen-bond acceptors (Lipinski definition) is 4. The van der Waals surface area contributed by atoms with Crippen molar-refractivity contribution in [1.29, 1.82) is 0 Å². The molecule has 2 N–H and O–H groups in total. The van der Waals surface area contributed by atoms with Gasteiger partial charge in [-0.1, -0.05) is 11.6 Å². The summed E-state index contributed by atoms with van der Waals surface area (Å²) in [5, 5.41) is 14.6. The molecule has 1 saturated heterocycles. The van der Waals surface area contributed by atoms with Crippen molar-refractivity contribution in [3.8, 4) is 0 Å². The van der Waals surface area contributed by atoms with Gasteiger partial charge < -0.3 is 15.2 Å². The molecule has 2 heterocycles. The molecule has 1 aliphatic rings. The van der Waals surface area contributed by atoms with Crippen molar-refractivity contribution in [3.63, 3.8) is 0 Å². The lowest BCUT2D eigenvalue weighted by Gasteiger charge is -2.27. The van der Waals surface area contributed by atoms with E-state index in [-0.39, 0.29) is 18.4 Å². The quantitative estimate of drug-likeness (QED) is 0.796. The SMILES string of the molecule is O=C(CCc1cc(Cl)cs1)NCC(C(=O)O)C1CCOCC1. The van der Waals surface area contributed by atoms with Crippen LogP contribution in [0.4, 0.5) is 0 Å². The molecular weight excluding hydrogens is 326 g/mol. The topological polar surface area (TPSA) is 75.6 Å². The van der Waals surface area contributed by atoms with Gasteiger partial charge >= 0.3 is 5.97 Å². The van der Waals surface area contributed by atoms with Crippen LogP contribution < -0.4 is 5.32 Å². The number of hydrogen-bond donors (Lipinski definition) is 2. The average Bonchev–Trinajstić information content (AvgIpc) is 2.92. The van der Waals surface area contributed by atoms with Gasteiger partial charge in [0.15, 0.2) is 0 Å². The molecule has 0 bridgehead atoms. The minimum absolute atomic E-state index is 0.0719. The molecule has 2 rings (SSSR count). The molecule has 122 valence electrons. The van der Waals surface area contributed by atoms with Crippen LogP contribution in [0.3, 0.4) is 0 Å². The molecule has 5 nitrogen and oxygen atoms in total. The van der Waals surface area contributed by atoms with Crippen molar-refractivity contribution in [2.45, 2.75) is 25.7 Å². The molecule has 1 aliphatic heterocycles. The first-order chi connectivity index (χ1) is 10.6. The molecule has 0 spiro atoms. The van der Waals surface area contributed by atoms with Gasteiger partial charge in [0.1, 0.15) is 0 Å². The summed E-state index contributed by atoms with van der Waals surface area (Å²) in [5.41, 5.74) is 0. The van der Waals surface area contributed by atoms with E-state index in [1.165, 1.54) is 11.3 Å². The van der Waals surface area contributed by atoms with Crippen LogP contribution in [0.25, 0.3) is 0 Å². The maximum Gasteiger partial charge on any atom is 0.308 e. The molecular formula is C15H20ClNO4S. The number of nitrogens with one attached hydrogen (secondary N) is 1. The molecule has 1 unspecified atom stereocenters. The number of ether oxygens (including phenoxy) is 1. The summed E-state index contributed by atoms with van der Waals surface area (Å²) < 4.78 is 5.25. The van der Waals surface area contributed by atoms with Gasteiger partial charge in [-0.25, -0.2) is 0 Å². The van der Waals surface area contributed by atoms with Crippen LogP contribution >= 0.6 is 22.9 Å². The predicted octanol–water partition coefficient (Wildman–Crippen LogP) is 2.58. The Hall–Kier alpha value is -1.11. The van der Waals surface area contributed by atoms with E-state index in [2.05, 4.69) is 5.32 Å². The van der Waals surface area contributed by atoms with Gasteiger partial charge in [-0.3, -0.25) is 9.59 Å². The first-order valence-electron chi connectivity index (χ1n) is 7.36. The Labute approximate surface area is 138 Å². The first-order valence-corrected chi connectivity index (χ1v) is 8.62. The normalized spacial score (nSPS) is 17.1. The Morgan fingerprint density at radius 3 is 2.77 bits per heavy atom. The second kappa shape index (κ2) is 8.50. The standard InChI is InChI=1S/C15H20ClNO4S/c16-11-7-12(22-9-11)1-2-14(18)17-8-13(15(19)20)10-3-5-21-6-4-10/h7,9-10,13H,1-6,8H2,(H,17,18)(H,19,20). The Morgan fingerprint density at radius 1 is 1.45 bits per heavy atom. The zero-order chi connectivity index (χ0) is 15.9. The number of aryl methyl sites for hydroxylation is 1. The highest BCUT2D eigenvalue weighted by molar-refractivity contribution is 7.10. The van der Waals surface area contributed by atoms with Gasteiger partial charge in [0.25, 0.3) is 0 Å². The zero-order valence-electron chi connectivity index (χ0n) is 12.2. The Morgan fingerprint density at radius 2 is 2.18 bits per heavy atom.